The van der Waals surface area contributed by atoms with E-state index in [0.29, 0.717) is 11.5 Å². The first-order valence-electron chi connectivity index (χ1n) is 14.6. The highest BCUT2D eigenvalue weighted by molar-refractivity contribution is 4.92. The van der Waals surface area contributed by atoms with Crippen molar-refractivity contribution in [1.82, 2.24) is 10.2 Å². The molecule has 1 saturated carbocycles. The van der Waals surface area contributed by atoms with Gasteiger partial charge in [-0.25, -0.2) is 0 Å². The Balaban J connectivity index is 1.67. The molecule has 1 spiro atoms. The van der Waals surface area contributed by atoms with E-state index in [1.165, 1.54) is 135 Å². The summed E-state index contributed by atoms with van der Waals surface area (Å²) in [6.07, 6.45) is 25.7. The molecule has 1 saturated heterocycles. The van der Waals surface area contributed by atoms with E-state index < -0.39 is 0 Å². The highest BCUT2D eigenvalue weighted by atomic mass is 15.1. The lowest BCUT2D eigenvalue weighted by Gasteiger charge is -2.47. The minimum atomic E-state index is 0.695. The van der Waals surface area contributed by atoms with Crippen LogP contribution in [-0.4, -0.2) is 36.6 Å². The Morgan fingerprint density at radius 1 is 0.742 bits per heavy atom. The molecule has 0 bridgehead atoms. The number of piperidine rings is 1. The zero-order valence-electron chi connectivity index (χ0n) is 22.0. The summed E-state index contributed by atoms with van der Waals surface area (Å²) in [6.45, 7) is 13.6. The molecular formula is C29H58N2. The third-order valence-electron chi connectivity index (χ3n) is 8.67. The molecule has 184 valence electrons. The van der Waals surface area contributed by atoms with E-state index in [0.717, 1.165) is 12.0 Å². The summed E-state index contributed by atoms with van der Waals surface area (Å²) >= 11 is 0. The lowest BCUT2D eigenvalue weighted by Crippen LogP contribution is -2.47. The molecule has 0 amide bonds. The van der Waals surface area contributed by atoms with Crippen molar-refractivity contribution in [3.05, 3.63) is 0 Å². The maximum Gasteiger partial charge on any atom is 0.00699 e. The number of hydrogen-bond donors (Lipinski definition) is 1. The van der Waals surface area contributed by atoms with E-state index in [9.17, 15) is 0 Å². The van der Waals surface area contributed by atoms with E-state index in [1.54, 1.807) is 0 Å². The van der Waals surface area contributed by atoms with Crippen LogP contribution in [0.3, 0.4) is 0 Å². The number of hydrogen-bond acceptors (Lipinski definition) is 2. The van der Waals surface area contributed by atoms with Crippen LogP contribution in [0.2, 0.25) is 0 Å². The van der Waals surface area contributed by atoms with Crippen molar-refractivity contribution in [2.45, 2.75) is 155 Å². The fourth-order valence-corrected chi connectivity index (χ4v) is 6.34. The quantitative estimate of drug-likeness (QED) is 0.245. The molecule has 2 rings (SSSR count). The SMILES string of the molecule is CCCCCCC(CCCC)CN1CCC2(CCC(NC(C)CCCCC)CC2)CC1. The van der Waals surface area contributed by atoms with Crippen LogP contribution in [0.1, 0.15) is 143 Å². The van der Waals surface area contributed by atoms with Gasteiger partial charge in [0.1, 0.15) is 0 Å². The molecule has 2 atom stereocenters. The number of rotatable bonds is 16. The van der Waals surface area contributed by atoms with Gasteiger partial charge in [-0.1, -0.05) is 78.6 Å². The summed E-state index contributed by atoms with van der Waals surface area (Å²) < 4.78 is 0. The van der Waals surface area contributed by atoms with E-state index in [2.05, 4.69) is 37.9 Å². The van der Waals surface area contributed by atoms with Gasteiger partial charge in [0.25, 0.3) is 0 Å². The first-order valence-corrected chi connectivity index (χ1v) is 14.6. The molecule has 31 heavy (non-hydrogen) atoms. The maximum atomic E-state index is 3.97. The second kappa shape index (κ2) is 15.7. The molecule has 0 aromatic rings. The molecule has 1 aliphatic carbocycles. The van der Waals surface area contributed by atoms with Crippen LogP contribution >= 0.6 is 0 Å². The Morgan fingerprint density at radius 2 is 1.32 bits per heavy atom. The zero-order chi connectivity index (χ0) is 22.4. The lowest BCUT2D eigenvalue weighted by atomic mass is 9.67. The van der Waals surface area contributed by atoms with Crippen molar-refractivity contribution in [1.29, 1.82) is 0 Å². The van der Waals surface area contributed by atoms with Crippen molar-refractivity contribution in [2.75, 3.05) is 19.6 Å². The van der Waals surface area contributed by atoms with Crippen molar-refractivity contribution in [2.24, 2.45) is 11.3 Å². The third-order valence-corrected chi connectivity index (χ3v) is 8.67. The van der Waals surface area contributed by atoms with Gasteiger partial charge in [0, 0.05) is 18.6 Å². The van der Waals surface area contributed by atoms with Crippen molar-refractivity contribution in [3.8, 4) is 0 Å². The zero-order valence-corrected chi connectivity index (χ0v) is 22.0. The first-order chi connectivity index (χ1) is 15.1. The van der Waals surface area contributed by atoms with Crippen molar-refractivity contribution in [3.63, 3.8) is 0 Å². The predicted octanol–water partition coefficient (Wildman–Crippen LogP) is 8.35. The van der Waals surface area contributed by atoms with Gasteiger partial charge in [0.05, 0.1) is 0 Å². The molecule has 2 heteroatoms. The fourth-order valence-electron chi connectivity index (χ4n) is 6.34. The standard InChI is InChI=1S/C29H58N2/c1-5-8-11-13-16-27(15-10-7-3)25-31-23-21-29(22-24-31)19-17-28(18-20-29)30-26(4)14-12-9-6-2/h26-28,30H,5-25H2,1-4H3. The average molecular weight is 435 g/mol. The van der Waals surface area contributed by atoms with Gasteiger partial charge < -0.3 is 10.2 Å². The third kappa shape index (κ3) is 10.6. The van der Waals surface area contributed by atoms with Gasteiger partial charge in [-0.2, -0.15) is 0 Å². The van der Waals surface area contributed by atoms with Crippen LogP contribution in [0.15, 0.2) is 0 Å². The second-order valence-corrected chi connectivity index (χ2v) is 11.5. The molecule has 2 aliphatic rings. The molecule has 2 nitrogen and oxygen atoms in total. The molecule has 0 radical (unpaired) electrons. The topological polar surface area (TPSA) is 15.3 Å². The molecule has 0 aromatic heterocycles. The maximum absolute atomic E-state index is 3.97. The Morgan fingerprint density at radius 3 is 1.97 bits per heavy atom. The minimum absolute atomic E-state index is 0.695. The molecule has 1 heterocycles. The molecule has 1 aliphatic heterocycles. The summed E-state index contributed by atoms with van der Waals surface area (Å²) in [6, 6.07) is 1.51. The van der Waals surface area contributed by atoms with Crippen LogP contribution in [0.25, 0.3) is 0 Å². The number of likely N-dealkylation sites (tertiary alicyclic amines) is 1. The first kappa shape index (κ1) is 27.2. The van der Waals surface area contributed by atoms with Gasteiger partial charge in [0.15, 0.2) is 0 Å². The van der Waals surface area contributed by atoms with Gasteiger partial charge in [-0.05, 0) is 89.1 Å². The highest BCUT2D eigenvalue weighted by Gasteiger charge is 2.38. The Kier molecular flexibility index (Phi) is 13.8. The van der Waals surface area contributed by atoms with Gasteiger partial charge in [-0.3, -0.25) is 0 Å². The Hall–Kier alpha value is -0.0800. The summed E-state index contributed by atoms with van der Waals surface area (Å²) in [5, 5.41) is 3.97. The predicted molar refractivity (Wildman–Crippen MR) is 139 cm³/mol. The minimum Gasteiger partial charge on any atom is -0.312 e. The molecule has 2 fully saturated rings. The van der Waals surface area contributed by atoms with Crippen molar-refractivity contribution >= 4 is 0 Å². The average Bonchev–Trinajstić information content (AvgIpc) is 2.78. The number of unbranched alkanes of at least 4 members (excludes halogenated alkanes) is 6. The van der Waals surface area contributed by atoms with Gasteiger partial charge >= 0.3 is 0 Å². The van der Waals surface area contributed by atoms with E-state index in [1.807, 2.05) is 0 Å². The summed E-state index contributed by atoms with van der Waals surface area (Å²) in [7, 11) is 0. The van der Waals surface area contributed by atoms with Crippen LogP contribution in [0, 0.1) is 11.3 Å². The van der Waals surface area contributed by atoms with E-state index in [-0.39, 0.29) is 0 Å². The summed E-state index contributed by atoms with van der Waals surface area (Å²) in [5.74, 6) is 0.958. The summed E-state index contributed by atoms with van der Waals surface area (Å²) in [5.41, 5.74) is 0.695. The normalized spacial score (nSPS) is 22.1. The summed E-state index contributed by atoms with van der Waals surface area (Å²) in [4.78, 5) is 2.85. The van der Waals surface area contributed by atoms with Gasteiger partial charge in [-0.15, -0.1) is 0 Å². The van der Waals surface area contributed by atoms with E-state index >= 15 is 0 Å². The fraction of sp³-hybridized carbons (Fsp3) is 1.00. The Bertz CT molecular complexity index is 416. The molecule has 2 unspecified atom stereocenters. The van der Waals surface area contributed by atoms with Crippen LogP contribution < -0.4 is 5.32 Å². The lowest BCUT2D eigenvalue weighted by molar-refractivity contribution is 0.0484. The highest BCUT2D eigenvalue weighted by Crippen LogP contribution is 2.45. The number of nitrogens with one attached hydrogen (secondary N) is 1. The molecule has 1 N–H and O–H groups in total. The van der Waals surface area contributed by atoms with Gasteiger partial charge in [0.2, 0.25) is 0 Å². The largest absolute Gasteiger partial charge is 0.312 e. The van der Waals surface area contributed by atoms with Crippen LogP contribution in [0.5, 0.6) is 0 Å². The van der Waals surface area contributed by atoms with Crippen LogP contribution in [-0.2, 0) is 0 Å². The van der Waals surface area contributed by atoms with Crippen LogP contribution in [0.4, 0.5) is 0 Å². The molecular weight excluding hydrogens is 376 g/mol. The Labute approximate surface area is 196 Å². The smallest absolute Gasteiger partial charge is 0.00699 e. The van der Waals surface area contributed by atoms with Crippen molar-refractivity contribution < 1.29 is 0 Å². The monoisotopic (exact) mass is 434 g/mol. The molecule has 0 aromatic carbocycles. The second-order valence-electron chi connectivity index (χ2n) is 11.5. The number of nitrogens with zero attached hydrogens (tertiary/aromatic N) is 1. The van der Waals surface area contributed by atoms with E-state index in [4.69, 9.17) is 0 Å².